The van der Waals surface area contributed by atoms with E-state index in [9.17, 15) is 0 Å². The van der Waals surface area contributed by atoms with Crippen LogP contribution in [0.3, 0.4) is 0 Å². The molecular weight excluding hydrogens is 200 g/mol. The molecule has 0 radical (unpaired) electrons. The van der Waals surface area contributed by atoms with Crippen LogP contribution in [0.25, 0.3) is 0 Å². The van der Waals surface area contributed by atoms with Gasteiger partial charge in [-0.1, -0.05) is 0 Å². The molecule has 0 aromatic rings. The zero-order valence-electron chi connectivity index (χ0n) is 8.85. The molecule has 2 atom stereocenters. The molecule has 0 bridgehead atoms. The Morgan fingerprint density at radius 2 is 1.27 bits per heavy atom. The maximum atomic E-state index is 5.22. The Bertz CT molecular complexity index is 149. The molecule has 2 saturated heterocycles. The summed E-state index contributed by atoms with van der Waals surface area (Å²) in [6, 6.07) is 0. The summed E-state index contributed by atoms with van der Waals surface area (Å²) in [5.74, 6) is 0. The molecule has 0 amide bonds. The van der Waals surface area contributed by atoms with Gasteiger partial charge in [-0.2, -0.15) is 0 Å². The molecule has 0 N–H and O–H groups in total. The maximum absolute atomic E-state index is 5.22. The van der Waals surface area contributed by atoms with Crippen LogP contribution in [-0.2, 0) is 23.7 Å². The molecule has 0 aromatic carbocycles. The highest BCUT2D eigenvalue weighted by Gasteiger charge is 2.22. The third kappa shape index (κ3) is 6.06. The summed E-state index contributed by atoms with van der Waals surface area (Å²) in [5.41, 5.74) is 0. The van der Waals surface area contributed by atoms with E-state index in [1.54, 1.807) is 0 Å². The zero-order valence-corrected chi connectivity index (χ0v) is 8.85. The van der Waals surface area contributed by atoms with Crippen molar-refractivity contribution in [2.45, 2.75) is 25.0 Å². The Morgan fingerprint density at radius 3 is 1.67 bits per heavy atom. The third-order valence-corrected chi connectivity index (χ3v) is 2.31. The van der Waals surface area contributed by atoms with Crippen molar-refractivity contribution in [3.63, 3.8) is 0 Å². The van der Waals surface area contributed by atoms with E-state index in [1.165, 1.54) is 0 Å². The highest BCUT2D eigenvalue weighted by molar-refractivity contribution is 4.67. The zero-order chi connectivity index (χ0) is 10.3. The lowest BCUT2D eigenvalue weighted by atomic mass is 10.4. The molecule has 15 heavy (non-hydrogen) atoms. The van der Waals surface area contributed by atoms with Gasteiger partial charge in [-0.25, -0.2) is 0 Å². The van der Waals surface area contributed by atoms with E-state index in [2.05, 4.69) is 0 Å². The van der Waals surface area contributed by atoms with Crippen molar-refractivity contribution in [3.8, 4) is 0 Å². The molecule has 2 rings (SSSR count). The van der Waals surface area contributed by atoms with Crippen LogP contribution in [0.5, 0.6) is 0 Å². The van der Waals surface area contributed by atoms with Gasteiger partial charge < -0.3 is 23.7 Å². The fourth-order valence-electron chi connectivity index (χ4n) is 1.17. The Balaban J connectivity index is 1.23. The monoisotopic (exact) mass is 218 g/mol. The predicted molar refractivity (Wildman–Crippen MR) is 51.4 cm³/mol. The SMILES string of the molecule is C(CC1CO1)OCOCOCCC1CO1. The number of rotatable bonds is 10. The molecule has 0 saturated carbocycles. The van der Waals surface area contributed by atoms with Gasteiger partial charge in [-0.05, 0) is 12.8 Å². The van der Waals surface area contributed by atoms with Gasteiger partial charge in [0.25, 0.3) is 0 Å². The molecule has 2 fully saturated rings. The summed E-state index contributed by atoms with van der Waals surface area (Å²) < 4.78 is 25.6. The van der Waals surface area contributed by atoms with E-state index in [0.29, 0.717) is 39.0 Å². The minimum Gasteiger partial charge on any atom is -0.373 e. The Kier molecular flexibility index (Phi) is 4.82. The second kappa shape index (κ2) is 6.40. The molecule has 5 nitrogen and oxygen atoms in total. The van der Waals surface area contributed by atoms with Gasteiger partial charge in [0, 0.05) is 0 Å². The molecule has 88 valence electrons. The molecule has 2 heterocycles. The van der Waals surface area contributed by atoms with Gasteiger partial charge in [-0.15, -0.1) is 0 Å². The van der Waals surface area contributed by atoms with Crippen molar-refractivity contribution in [3.05, 3.63) is 0 Å². The fourth-order valence-corrected chi connectivity index (χ4v) is 1.17. The van der Waals surface area contributed by atoms with Crippen LogP contribution in [0.4, 0.5) is 0 Å². The average Bonchev–Trinajstić information content (AvgIpc) is 3.10. The predicted octanol–water partition coefficient (Wildman–Crippen LogP) is 0.529. The summed E-state index contributed by atoms with van der Waals surface area (Å²) in [6.07, 6.45) is 2.78. The topological polar surface area (TPSA) is 52.8 Å². The van der Waals surface area contributed by atoms with E-state index in [1.807, 2.05) is 0 Å². The van der Waals surface area contributed by atoms with E-state index >= 15 is 0 Å². The third-order valence-electron chi connectivity index (χ3n) is 2.31. The van der Waals surface area contributed by atoms with Crippen molar-refractivity contribution in [2.75, 3.05) is 40.0 Å². The van der Waals surface area contributed by atoms with Crippen molar-refractivity contribution in [2.24, 2.45) is 0 Å². The second-order valence-corrected chi connectivity index (χ2v) is 3.74. The van der Waals surface area contributed by atoms with E-state index in [4.69, 9.17) is 23.7 Å². The summed E-state index contributed by atoms with van der Waals surface area (Å²) in [6.45, 7) is 3.76. The average molecular weight is 218 g/mol. The first kappa shape index (κ1) is 11.3. The lowest BCUT2D eigenvalue weighted by Gasteiger charge is -2.05. The molecule has 0 spiro atoms. The summed E-state index contributed by atoms with van der Waals surface area (Å²) in [4.78, 5) is 0. The first-order chi connectivity index (χ1) is 7.45. The van der Waals surface area contributed by atoms with Crippen molar-refractivity contribution >= 4 is 0 Å². The van der Waals surface area contributed by atoms with Crippen LogP contribution in [0.1, 0.15) is 12.8 Å². The Morgan fingerprint density at radius 1 is 0.800 bits per heavy atom. The largest absolute Gasteiger partial charge is 0.373 e. The molecule has 2 aliphatic heterocycles. The van der Waals surface area contributed by atoms with Crippen molar-refractivity contribution in [1.29, 1.82) is 0 Å². The van der Waals surface area contributed by atoms with Crippen LogP contribution in [0.2, 0.25) is 0 Å². The van der Waals surface area contributed by atoms with Gasteiger partial charge in [0.2, 0.25) is 0 Å². The van der Waals surface area contributed by atoms with Crippen molar-refractivity contribution in [1.82, 2.24) is 0 Å². The standard InChI is InChI=1S/C10H18O5/c1(9-5-14-9)3-11-7-13-8-12-4-2-10-6-15-10/h9-10H,1-8H2. The number of hydrogen-bond donors (Lipinski definition) is 0. The van der Waals surface area contributed by atoms with Gasteiger partial charge in [0.05, 0.1) is 38.6 Å². The smallest absolute Gasteiger partial charge is 0.149 e. The van der Waals surface area contributed by atoms with Gasteiger partial charge >= 0.3 is 0 Å². The Hall–Kier alpha value is -0.200. The van der Waals surface area contributed by atoms with Crippen LogP contribution < -0.4 is 0 Å². The van der Waals surface area contributed by atoms with Gasteiger partial charge in [-0.3, -0.25) is 0 Å². The highest BCUT2D eigenvalue weighted by atomic mass is 16.7. The van der Waals surface area contributed by atoms with E-state index < -0.39 is 0 Å². The molecular formula is C10H18O5. The minimum atomic E-state index is 0.298. The molecule has 5 heteroatoms. The van der Waals surface area contributed by atoms with Gasteiger partial charge in [0.15, 0.2) is 0 Å². The first-order valence-corrected chi connectivity index (χ1v) is 5.41. The quantitative estimate of drug-likeness (QED) is 0.304. The Labute approximate surface area is 89.6 Å². The lowest BCUT2D eigenvalue weighted by Crippen LogP contribution is -2.08. The number of ether oxygens (including phenoxy) is 5. The summed E-state index contributed by atoms with van der Waals surface area (Å²) >= 11 is 0. The molecule has 2 unspecified atom stereocenters. The van der Waals surface area contributed by atoms with Crippen LogP contribution in [0, 0.1) is 0 Å². The highest BCUT2D eigenvalue weighted by Crippen LogP contribution is 2.13. The normalized spacial score (nSPS) is 28.0. The van der Waals surface area contributed by atoms with Crippen LogP contribution in [-0.4, -0.2) is 52.2 Å². The van der Waals surface area contributed by atoms with E-state index in [-0.39, 0.29) is 0 Å². The molecule has 0 aromatic heterocycles. The van der Waals surface area contributed by atoms with Crippen LogP contribution >= 0.6 is 0 Å². The van der Waals surface area contributed by atoms with Crippen LogP contribution in [0.15, 0.2) is 0 Å². The number of epoxide rings is 2. The van der Waals surface area contributed by atoms with Gasteiger partial charge in [0.1, 0.15) is 13.6 Å². The summed E-state index contributed by atoms with van der Waals surface area (Å²) in [5, 5.41) is 0. The summed E-state index contributed by atoms with van der Waals surface area (Å²) in [7, 11) is 0. The lowest BCUT2D eigenvalue weighted by molar-refractivity contribution is -0.132. The van der Waals surface area contributed by atoms with Crippen molar-refractivity contribution < 1.29 is 23.7 Å². The van der Waals surface area contributed by atoms with E-state index in [0.717, 1.165) is 26.1 Å². The first-order valence-electron chi connectivity index (χ1n) is 5.41. The number of hydrogen-bond acceptors (Lipinski definition) is 5. The molecule has 0 aliphatic carbocycles. The second-order valence-electron chi connectivity index (χ2n) is 3.74. The maximum Gasteiger partial charge on any atom is 0.149 e. The fraction of sp³-hybridized carbons (Fsp3) is 1.00. The minimum absolute atomic E-state index is 0.298. The molecule has 2 aliphatic rings.